The molecule has 160 valence electrons. The van der Waals surface area contributed by atoms with Crippen molar-refractivity contribution >= 4 is 33.5 Å². The maximum Gasteiger partial charge on any atom is 0.342 e. The minimum absolute atomic E-state index is 0.241. The van der Waals surface area contributed by atoms with Gasteiger partial charge in [0.1, 0.15) is 30.3 Å². The Morgan fingerprint density at radius 1 is 0.871 bits per heavy atom. The molecule has 0 aliphatic heterocycles. The van der Waals surface area contributed by atoms with Crippen molar-refractivity contribution in [3.63, 3.8) is 0 Å². The number of hydrogen-bond acceptors (Lipinski definition) is 5. The van der Waals surface area contributed by atoms with Crippen LogP contribution in [0.5, 0.6) is 11.5 Å². The van der Waals surface area contributed by atoms with E-state index in [1.165, 1.54) is 6.92 Å². The highest BCUT2D eigenvalue weighted by Crippen LogP contribution is 2.20. The maximum atomic E-state index is 12.6. The van der Waals surface area contributed by atoms with Gasteiger partial charge in [-0.15, -0.1) is 0 Å². The molecule has 0 radical (unpaired) electrons. The summed E-state index contributed by atoms with van der Waals surface area (Å²) in [6.07, 6.45) is -0.981. The second-order valence-corrected chi connectivity index (χ2v) is 7.47. The van der Waals surface area contributed by atoms with Crippen molar-refractivity contribution in [1.29, 1.82) is 0 Å². The summed E-state index contributed by atoms with van der Waals surface area (Å²) < 4.78 is 17.5. The number of halogens is 1. The van der Waals surface area contributed by atoms with Gasteiger partial charge < -0.3 is 19.5 Å². The normalized spacial score (nSPS) is 11.3. The number of ether oxygens (including phenoxy) is 3. The molecule has 0 aliphatic carbocycles. The highest BCUT2D eigenvalue weighted by Gasteiger charge is 2.21. The first kappa shape index (κ1) is 22.4. The molecule has 31 heavy (non-hydrogen) atoms. The Hall–Kier alpha value is -3.32. The van der Waals surface area contributed by atoms with Crippen LogP contribution in [0.2, 0.25) is 0 Å². The molecule has 0 heterocycles. The molecule has 1 N–H and O–H groups in total. The van der Waals surface area contributed by atoms with Gasteiger partial charge in [0.05, 0.1) is 0 Å². The summed E-state index contributed by atoms with van der Waals surface area (Å²) >= 11 is 3.34. The van der Waals surface area contributed by atoms with Gasteiger partial charge in [-0.3, -0.25) is 4.79 Å². The van der Waals surface area contributed by atoms with Crippen molar-refractivity contribution in [3.05, 3.63) is 88.9 Å². The predicted molar refractivity (Wildman–Crippen MR) is 122 cm³/mol. The van der Waals surface area contributed by atoms with Crippen molar-refractivity contribution in [1.82, 2.24) is 0 Å². The van der Waals surface area contributed by atoms with Gasteiger partial charge in [0.15, 0.2) is 6.10 Å². The van der Waals surface area contributed by atoms with E-state index in [0.29, 0.717) is 18.0 Å². The Bertz CT molecular complexity index is 1010. The third kappa shape index (κ3) is 6.86. The second kappa shape index (κ2) is 11.2. The Morgan fingerprint density at radius 3 is 2.26 bits per heavy atom. The molecule has 3 aromatic carbocycles. The van der Waals surface area contributed by atoms with Gasteiger partial charge >= 0.3 is 5.97 Å². The Kier molecular flexibility index (Phi) is 8.06. The largest absolute Gasteiger partial charge is 0.490 e. The highest BCUT2D eigenvalue weighted by atomic mass is 79.9. The first-order valence-electron chi connectivity index (χ1n) is 9.70. The molecule has 0 aromatic heterocycles. The molecule has 0 bridgehead atoms. The van der Waals surface area contributed by atoms with E-state index < -0.39 is 18.0 Å². The summed E-state index contributed by atoms with van der Waals surface area (Å²) in [6.45, 7) is 2.08. The number of anilines is 1. The summed E-state index contributed by atoms with van der Waals surface area (Å²) in [6, 6.07) is 23.2. The smallest absolute Gasteiger partial charge is 0.342 e. The van der Waals surface area contributed by atoms with Crippen LogP contribution in [0.25, 0.3) is 0 Å². The zero-order valence-corrected chi connectivity index (χ0v) is 18.5. The molecule has 3 rings (SSSR count). The van der Waals surface area contributed by atoms with Crippen molar-refractivity contribution in [3.8, 4) is 11.5 Å². The number of carbonyl (C=O) groups is 2. The van der Waals surface area contributed by atoms with Crippen LogP contribution in [0.15, 0.2) is 83.3 Å². The predicted octanol–water partition coefficient (Wildman–Crippen LogP) is 5.09. The molecule has 0 fully saturated rings. The van der Waals surface area contributed by atoms with Crippen molar-refractivity contribution in [2.45, 2.75) is 13.0 Å². The zero-order chi connectivity index (χ0) is 22.1. The van der Waals surface area contributed by atoms with E-state index in [2.05, 4.69) is 21.2 Å². The molecular weight excluding hydrogens is 462 g/mol. The highest BCUT2D eigenvalue weighted by molar-refractivity contribution is 9.10. The zero-order valence-electron chi connectivity index (χ0n) is 16.9. The number of rotatable bonds is 9. The van der Waals surface area contributed by atoms with Gasteiger partial charge in [-0.25, -0.2) is 4.79 Å². The lowest BCUT2D eigenvalue weighted by molar-refractivity contribution is -0.123. The van der Waals surface area contributed by atoms with Gasteiger partial charge in [-0.1, -0.05) is 46.3 Å². The van der Waals surface area contributed by atoms with Crippen LogP contribution in [0.1, 0.15) is 17.3 Å². The van der Waals surface area contributed by atoms with Crippen molar-refractivity contribution < 1.29 is 23.8 Å². The number of carbonyl (C=O) groups excluding carboxylic acids is 2. The summed E-state index contributed by atoms with van der Waals surface area (Å²) in [5.74, 6) is 0.0393. The van der Waals surface area contributed by atoms with Gasteiger partial charge in [0.2, 0.25) is 0 Å². The van der Waals surface area contributed by atoms with Gasteiger partial charge in [0, 0.05) is 10.2 Å². The van der Waals surface area contributed by atoms with Crippen LogP contribution < -0.4 is 14.8 Å². The Morgan fingerprint density at radius 2 is 1.52 bits per heavy atom. The molecule has 0 aliphatic rings. The molecule has 0 spiro atoms. The first-order chi connectivity index (χ1) is 15.0. The van der Waals surface area contributed by atoms with Crippen molar-refractivity contribution in [2.75, 3.05) is 18.5 Å². The van der Waals surface area contributed by atoms with Gasteiger partial charge in [-0.05, 0) is 55.5 Å². The third-order valence-electron chi connectivity index (χ3n) is 4.22. The average Bonchev–Trinajstić information content (AvgIpc) is 2.79. The summed E-state index contributed by atoms with van der Waals surface area (Å²) in [4.78, 5) is 25.0. The lowest BCUT2D eigenvalue weighted by Gasteiger charge is -2.15. The number of nitrogens with one attached hydrogen (secondary N) is 1. The Balaban J connectivity index is 1.53. The van der Waals surface area contributed by atoms with Crippen LogP contribution in [-0.2, 0) is 9.53 Å². The van der Waals surface area contributed by atoms with E-state index in [9.17, 15) is 9.59 Å². The quantitative estimate of drug-likeness (QED) is 0.338. The summed E-state index contributed by atoms with van der Waals surface area (Å²) in [5.41, 5.74) is 0.851. The fourth-order valence-corrected chi connectivity index (χ4v) is 2.91. The topological polar surface area (TPSA) is 73.9 Å². The van der Waals surface area contributed by atoms with E-state index in [1.807, 2.05) is 30.3 Å². The molecule has 1 atom stereocenters. The fraction of sp³-hybridized carbons (Fsp3) is 0.167. The SMILES string of the molecule is C[C@@H](OC(=O)c1ccccc1OCCOc1ccccc1)C(=O)Nc1ccc(Br)cc1. The van der Waals surface area contributed by atoms with Crippen LogP contribution in [0.3, 0.4) is 0 Å². The molecule has 6 nitrogen and oxygen atoms in total. The van der Waals surface area contributed by atoms with Crippen molar-refractivity contribution in [2.24, 2.45) is 0 Å². The molecule has 1 amide bonds. The van der Waals surface area contributed by atoms with Crippen LogP contribution >= 0.6 is 15.9 Å². The standard InChI is InChI=1S/C24H22BrNO5/c1-17(23(27)26-19-13-11-18(25)12-14-19)31-24(28)21-9-5-6-10-22(21)30-16-15-29-20-7-3-2-4-8-20/h2-14,17H,15-16H2,1H3,(H,26,27)/t17-/m1/s1. The molecule has 0 saturated carbocycles. The fourth-order valence-electron chi connectivity index (χ4n) is 2.64. The Labute approximate surface area is 189 Å². The van der Waals surface area contributed by atoms with Gasteiger partial charge in [0.25, 0.3) is 5.91 Å². The van der Waals surface area contributed by atoms with Gasteiger partial charge in [-0.2, -0.15) is 0 Å². The van der Waals surface area contributed by atoms with Crippen LogP contribution in [0, 0.1) is 0 Å². The molecule has 3 aromatic rings. The first-order valence-corrected chi connectivity index (χ1v) is 10.5. The minimum Gasteiger partial charge on any atom is -0.490 e. The molecule has 0 saturated heterocycles. The third-order valence-corrected chi connectivity index (χ3v) is 4.75. The van der Waals surface area contributed by atoms with E-state index in [-0.39, 0.29) is 12.2 Å². The minimum atomic E-state index is -0.981. The number of esters is 1. The van der Waals surface area contributed by atoms with E-state index >= 15 is 0 Å². The number of amides is 1. The summed E-state index contributed by atoms with van der Waals surface area (Å²) in [5, 5.41) is 2.71. The lowest BCUT2D eigenvalue weighted by Crippen LogP contribution is -2.30. The lowest BCUT2D eigenvalue weighted by atomic mass is 10.2. The number of para-hydroxylation sites is 2. The van der Waals surface area contributed by atoms with Crippen LogP contribution in [-0.4, -0.2) is 31.2 Å². The second-order valence-electron chi connectivity index (χ2n) is 6.55. The average molecular weight is 484 g/mol. The van der Waals surface area contributed by atoms with Crippen LogP contribution in [0.4, 0.5) is 5.69 Å². The van der Waals surface area contributed by atoms with E-state index in [1.54, 1.807) is 48.5 Å². The van der Waals surface area contributed by atoms with E-state index in [0.717, 1.165) is 10.2 Å². The maximum absolute atomic E-state index is 12.6. The molecular formula is C24H22BrNO5. The molecule has 0 unspecified atom stereocenters. The monoisotopic (exact) mass is 483 g/mol. The number of hydrogen-bond donors (Lipinski definition) is 1. The number of benzene rings is 3. The molecule has 7 heteroatoms. The van der Waals surface area contributed by atoms with E-state index in [4.69, 9.17) is 14.2 Å². The summed E-state index contributed by atoms with van der Waals surface area (Å²) in [7, 11) is 0.